The topological polar surface area (TPSA) is 103 Å². The van der Waals surface area contributed by atoms with Gasteiger partial charge in [-0.15, -0.1) is 0 Å². The number of benzene rings is 2. The molecular formula is C26H29N5O3. The Bertz CT molecular complexity index is 1130. The van der Waals surface area contributed by atoms with Gasteiger partial charge in [0.05, 0.1) is 30.4 Å². The summed E-state index contributed by atoms with van der Waals surface area (Å²) < 4.78 is 0. The molecule has 3 amide bonds. The largest absolute Gasteiger partial charge is 0.345 e. The van der Waals surface area contributed by atoms with Crippen LogP contribution in [-0.4, -0.2) is 47.7 Å². The molecule has 8 heteroatoms. The third kappa shape index (κ3) is 7.25. The fourth-order valence-electron chi connectivity index (χ4n) is 3.35. The molecule has 0 saturated heterocycles. The second kappa shape index (κ2) is 11.7. The van der Waals surface area contributed by atoms with Gasteiger partial charge in [0.15, 0.2) is 0 Å². The van der Waals surface area contributed by atoms with Crippen LogP contribution in [0.25, 0.3) is 0 Å². The van der Waals surface area contributed by atoms with Gasteiger partial charge in [0.2, 0.25) is 11.8 Å². The first-order valence-electron chi connectivity index (χ1n) is 11.0. The summed E-state index contributed by atoms with van der Waals surface area (Å²) in [7, 11) is 1.67. The Morgan fingerprint density at radius 2 is 1.53 bits per heavy atom. The SMILES string of the molecule is Cc1ccc(NC(=O)CN(C)CC(=O)Nc2ccccc2C(=O)NC(C)c2ccccc2)nc1. The van der Waals surface area contributed by atoms with E-state index in [0.29, 0.717) is 17.1 Å². The van der Waals surface area contributed by atoms with Crippen LogP contribution in [0.3, 0.4) is 0 Å². The van der Waals surface area contributed by atoms with Gasteiger partial charge in [-0.3, -0.25) is 19.3 Å². The summed E-state index contributed by atoms with van der Waals surface area (Å²) in [6.45, 7) is 3.81. The van der Waals surface area contributed by atoms with Crippen molar-refractivity contribution in [1.29, 1.82) is 0 Å². The van der Waals surface area contributed by atoms with E-state index in [-0.39, 0.29) is 36.9 Å². The van der Waals surface area contributed by atoms with Gasteiger partial charge in [-0.2, -0.15) is 0 Å². The van der Waals surface area contributed by atoms with Gasteiger partial charge in [-0.1, -0.05) is 48.5 Å². The molecule has 1 heterocycles. The van der Waals surface area contributed by atoms with E-state index in [1.54, 1.807) is 48.5 Å². The molecule has 176 valence electrons. The van der Waals surface area contributed by atoms with Crippen molar-refractivity contribution in [3.8, 4) is 0 Å². The minimum absolute atomic E-state index is 0.0136. The number of aryl methyl sites for hydroxylation is 1. The van der Waals surface area contributed by atoms with Crippen molar-refractivity contribution < 1.29 is 14.4 Å². The van der Waals surface area contributed by atoms with Crippen molar-refractivity contribution in [2.75, 3.05) is 30.8 Å². The van der Waals surface area contributed by atoms with Crippen LogP contribution < -0.4 is 16.0 Å². The number of hydrogen-bond donors (Lipinski definition) is 3. The molecule has 3 N–H and O–H groups in total. The first-order chi connectivity index (χ1) is 16.3. The van der Waals surface area contributed by atoms with Crippen molar-refractivity contribution in [3.63, 3.8) is 0 Å². The maximum Gasteiger partial charge on any atom is 0.253 e. The Labute approximate surface area is 199 Å². The average molecular weight is 460 g/mol. The van der Waals surface area contributed by atoms with Crippen molar-refractivity contribution in [3.05, 3.63) is 89.6 Å². The molecule has 1 aromatic heterocycles. The molecule has 0 saturated carbocycles. The number of nitrogens with zero attached hydrogens (tertiary/aromatic N) is 2. The van der Waals surface area contributed by atoms with E-state index in [4.69, 9.17) is 0 Å². The van der Waals surface area contributed by atoms with Gasteiger partial charge < -0.3 is 16.0 Å². The van der Waals surface area contributed by atoms with Crippen LogP contribution in [0.2, 0.25) is 0 Å². The number of anilines is 2. The van der Waals surface area contributed by atoms with Gasteiger partial charge in [-0.05, 0) is 50.2 Å². The highest BCUT2D eigenvalue weighted by atomic mass is 16.2. The zero-order valence-corrected chi connectivity index (χ0v) is 19.5. The lowest BCUT2D eigenvalue weighted by atomic mass is 10.1. The number of rotatable bonds is 9. The molecule has 0 aliphatic carbocycles. The number of nitrogens with one attached hydrogen (secondary N) is 3. The maximum atomic E-state index is 12.9. The number of carbonyl (C=O) groups excluding carboxylic acids is 3. The van der Waals surface area contributed by atoms with E-state index in [9.17, 15) is 14.4 Å². The summed E-state index contributed by atoms with van der Waals surface area (Å²) in [5.74, 6) is -0.440. The van der Waals surface area contributed by atoms with Gasteiger partial charge in [0.1, 0.15) is 5.82 Å². The van der Waals surface area contributed by atoms with Crippen LogP contribution in [0.5, 0.6) is 0 Å². The highest BCUT2D eigenvalue weighted by Gasteiger charge is 2.17. The summed E-state index contributed by atoms with van der Waals surface area (Å²) in [6, 6.07) is 19.9. The average Bonchev–Trinajstić information content (AvgIpc) is 2.81. The Morgan fingerprint density at radius 3 is 2.21 bits per heavy atom. The molecule has 0 aliphatic heterocycles. The van der Waals surface area contributed by atoms with Crippen molar-refractivity contribution >= 4 is 29.2 Å². The van der Waals surface area contributed by atoms with E-state index >= 15 is 0 Å². The summed E-state index contributed by atoms with van der Waals surface area (Å²) in [5, 5.41) is 8.44. The molecule has 34 heavy (non-hydrogen) atoms. The highest BCUT2D eigenvalue weighted by molar-refractivity contribution is 6.04. The zero-order valence-electron chi connectivity index (χ0n) is 19.5. The highest BCUT2D eigenvalue weighted by Crippen LogP contribution is 2.18. The van der Waals surface area contributed by atoms with Crippen molar-refractivity contribution in [1.82, 2.24) is 15.2 Å². The molecule has 0 fully saturated rings. The second-order valence-corrected chi connectivity index (χ2v) is 8.14. The van der Waals surface area contributed by atoms with Gasteiger partial charge in [0.25, 0.3) is 5.91 Å². The second-order valence-electron chi connectivity index (χ2n) is 8.14. The number of amides is 3. The summed E-state index contributed by atoms with van der Waals surface area (Å²) in [5.41, 5.74) is 2.75. The summed E-state index contributed by atoms with van der Waals surface area (Å²) >= 11 is 0. The normalized spacial score (nSPS) is 11.5. The van der Waals surface area contributed by atoms with E-state index in [0.717, 1.165) is 11.1 Å². The van der Waals surface area contributed by atoms with Crippen LogP contribution in [-0.2, 0) is 9.59 Å². The van der Waals surface area contributed by atoms with E-state index < -0.39 is 0 Å². The van der Waals surface area contributed by atoms with Gasteiger partial charge in [0, 0.05) is 6.20 Å². The molecule has 1 unspecified atom stereocenters. The molecule has 2 aromatic carbocycles. The lowest BCUT2D eigenvalue weighted by Gasteiger charge is -2.18. The fourth-order valence-corrected chi connectivity index (χ4v) is 3.35. The van der Waals surface area contributed by atoms with Crippen molar-refractivity contribution in [2.45, 2.75) is 19.9 Å². The van der Waals surface area contributed by atoms with Crippen molar-refractivity contribution in [2.24, 2.45) is 0 Å². The smallest absolute Gasteiger partial charge is 0.253 e. The molecule has 0 radical (unpaired) electrons. The third-order valence-electron chi connectivity index (χ3n) is 5.10. The number of aromatic nitrogens is 1. The monoisotopic (exact) mass is 459 g/mol. The minimum Gasteiger partial charge on any atom is -0.345 e. The first kappa shape index (κ1) is 24.6. The molecule has 0 aliphatic rings. The minimum atomic E-state index is -0.333. The van der Waals surface area contributed by atoms with E-state index in [1.807, 2.05) is 50.2 Å². The number of pyridine rings is 1. The number of hydrogen-bond acceptors (Lipinski definition) is 5. The van der Waals surface area contributed by atoms with Crippen LogP contribution in [0, 0.1) is 6.92 Å². The Balaban J connectivity index is 1.54. The van der Waals surface area contributed by atoms with Crippen LogP contribution >= 0.6 is 0 Å². The summed E-state index contributed by atoms with van der Waals surface area (Å²) in [4.78, 5) is 43.4. The van der Waals surface area contributed by atoms with Gasteiger partial charge >= 0.3 is 0 Å². The summed E-state index contributed by atoms with van der Waals surface area (Å²) in [6.07, 6.45) is 1.67. The Kier molecular flexibility index (Phi) is 8.48. The predicted octanol–water partition coefficient (Wildman–Crippen LogP) is 3.39. The van der Waals surface area contributed by atoms with Crippen LogP contribution in [0.4, 0.5) is 11.5 Å². The van der Waals surface area contributed by atoms with E-state index in [2.05, 4.69) is 20.9 Å². The first-order valence-corrected chi connectivity index (χ1v) is 11.0. The molecule has 8 nitrogen and oxygen atoms in total. The molecule has 3 rings (SSSR count). The van der Waals surface area contributed by atoms with Crippen LogP contribution in [0.1, 0.15) is 34.5 Å². The maximum absolute atomic E-state index is 12.9. The lowest BCUT2D eigenvalue weighted by Crippen LogP contribution is -2.36. The standard InChI is InChI=1S/C26H29N5O3/c1-18-13-14-23(27-15-18)30-25(33)17-31(3)16-24(32)29-22-12-8-7-11-21(22)26(34)28-19(2)20-9-5-4-6-10-20/h4-15,19H,16-17H2,1-3H3,(H,28,34)(H,29,32)(H,27,30,33). The number of likely N-dealkylation sites (N-methyl/N-ethyl adjacent to an activating group) is 1. The molecule has 3 aromatic rings. The van der Waals surface area contributed by atoms with Crippen LogP contribution in [0.15, 0.2) is 72.9 Å². The number of para-hydroxylation sites is 1. The molecule has 1 atom stereocenters. The molecule has 0 bridgehead atoms. The van der Waals surface area contributed by atoms with E-state index in [1.165, 1.54) is 0 Å². The predicted molar refractivity (Wildman–Crippen MR) is 132 cm³/mol. The Hall–Kier alpha value is -4.04. The third-order valence-corrected chi connectivity index (χ3v) is 5.10. The molecular weight excluding hydrogens is 430 g/mol. The molecule has 0 spiro atoms. The lowest BCUT2D eigenvalue weighted by molar-refractivity contribution is -0.119. The number of carbonyl (C=O) groups is 3. The quantitative estimate of drug-likeness (QED) is 0.455. The fraction of sp³-hybridized carbons (Fsp3) is 0.231. The van der Waals surface area contributed by atoms with Gasteiger partial charge in [-0.25, -0.2) is 4.98 Å². The Morgan fingerprint density at radius 1 is 0.882 bits per heavy atom. The zero-order chi connectivity index (χ0) is 24.5.